The second-order valence-electron chi connectivity index (χ2n) is 9.25. The van der Waals surface area contributed by atoms with Crippen molar-refractivity contribution in [2.24, 2.45) is 0 Å². The molecule has 0 bridgehead atoms. The largest absolute Gasteiger partial charge is 0.389 e. The van der Waals surface area contributed by atoms with Gasteiger partial charge in [0.1, 0.15) is 24.4 Å². The van der Waals surface area contributed by atoms with Crippen molar-refractivity contribution in [3.8, 4) is 0 Å². The first-order valence-electron chi connectivity index (χ1n) is 10.6. The van der Waals surface area contributed by atoms with E-state index in [4.69, 9.17) is 28.4 Å². The molecule has 4 rings (SSSR count). The molecule has 162 valence electrons. The minimum atomic E-state index is -0.722. The second kappa shape index (κ2) is 8.07. The lowest BCUT2D eigenvalue weighted by Crippen LogP contribution is -2.46. The Morgan fingerprint density at radius 3 is 2.43 bits per heavy atom. The Bertz CT molecular complexity index is 537. The molecule has 28 heavy (non-hydrogen) atoms. The first-order valence-corrected chi connectivity index (χ1v) is 10.6. The fourth-order valence-electron chi connectivity index (χ4n) is 4.59. The molecule has 4 fully saturated rings. The molecule has 0 aliphatic carbocycles. The van der Waals surface area contributed by atoms with Gasteiger partial charge in [-0.3, -0.25) is 0 Å². The molecule has 0 amide bonds. The van der Waals surface area contributed by atoms with Crippen molar-refractivity contribution in [1.82, 2.24) is 4.90 Å². The highest BCUT2D eigenvalue weighted by molar-refractivity contribution is 4.99. The van der Waals surface area contributed by atoms with Gasteiger partial charge < -0.3 is 38.4 Å². The second-order valence-corrected chi connectivity index (χ2v) is 9.25. The monoisotopic (exact) mass is 401 g/mol. The molecule has 0 saturated carbocycles. The molecule has 0 aromatic carbocycles. The van der Waals surface area contributed by atoms with E-state index >= 15 is 0 Å². The van der Waals surface area contributed by atoms with Gasteiger partial charge in [0, 0.05) is 6.54 Å². The van der Waals surface area contributed by atoms with Crippen LogP contribution in [0.5, 0.6) is 0 Å². The molecule has 4 aliphatic heterocycles. The number of fused-ring (bicyclic) bond motifs is 1. The molecule has 4 saturated heterocycles. The molecule has 0 aromatic rings. The third-order valence-electron chi connectivity index (χ3n) is 5.82. The molecule has 0 radical (unpaired) electrons. The summed E-state index contributed by atoms with van der Waals surface area (Å²) in [5.74, 6) is -1.37. The van der Waals surface area contributed by atoms with Crippen LogP contribution in [0.3, 0.4) is 0 Å². The van der Waals surface area contributed by atoms with Crippen molar-refractivity contribution >= 4 is 0 Å². The van der Waals surface area contributed by atoms with Crippen molar-refractivity contribution in [3.05, 3.63) is 0 Å². The van der Waals surface area contributed by atoms with Crippen LogP contribution in [-0.4, -0.2) is 91.2 Å². The number of aliphatic hydroxyl groups is 1. The van der Waals surface area contributed by atoms with Gasteiger partial charge in [-0.15, -0.1) is 0 Å². The minimum Gasteiger partial charge on any atom is -0.389 e. The average Bonchev–Trinajstić information content (AvgIpc) is 3.23. The predicted molar refractivity (Wildman–Crippen MR) is 99.6 cm³/mol. The average molecular weight is 402 g/mol. The van der Waals surface area contributed by atoms with E-state index in [1.54, 1.807) is 0 Å². The number of hydrogen-bond donors (Lipinski definition) is 1. The molecule has 8 heteroatoms. The predicted octanol–water partition coefficient (Wildman–Crippen LogP) is 1.25. The van der Waals surface area contributed by atoms with Crippen LogP contribution < -0.4 is 0 Å². The Labute approximate surface area is 167 Å². The molecular weight excluding hydrogens is 366 g/mol. The Morgan fingerprint density at radius 2 is 1.75 bits per heavy atom. The lowest BCUT2D eigenvalue weighted by atomic mass is 10.1. The van der Waals surface area contributed by atoms with Gasteiger partial charge in [0.15, 0.2) is 17.9 Å². The fraction of sp³-hybridized carbons (Fsp3) is 1.00. The summed E-state index contributed by atoms with van der Waals surface area (Å²) in [4.78, 5) is 2.30. The van der Waals surface area contributed by atoms with Gasteiger partial charge >= 0.3 is 0 Å². The maximum Gasteiger partial charge on any atom is 0.190 e. The van der Waals surface area contributed by atoms with Crippen LogP contribution in [0, 0.1) is 0 Å². The van der Waals surface area contributed by atoms with Gasteiger partial charge in [-0.1, -0.05) is 6.42 Å². The van der Waals surface area contributed by atoms with Crippen molar-refractivity contribution in [2.75, 3.05) is 32.8 Å². The maximum absolute atomic E-state index is 10.5. The zero-order chi connectivity index (χ0) is 19.9. The lowest BCUT2D eigenvalue weighted by molar-refractivity contribution is -0.237. The summed E-state index contributed by atoms with van der Waals surface area (Å²) in [6.07, 6.45) is 1.26. The number of ether oxygens (including phenoxy) is 6. The number of rotatable bonds is 6. The first kappa shape index (κ1) is 20.9. The highest BCUT2D eigenvalue weighted by atomic mass is 16.8. The molecule has 8 nitrogen and oxygen atoms in total. The van der Waals surface area contributed by atoms with Crippen LogP contribution in [0.25, 0.3) is 0 Å². The van der Waals surface area contributed by atoms with E-state index in [-0.39, 0.29) is 31.0 Å². The van der Waals surface area contributed by atoms with Gasteiger partial charge in [-0.2, -0.15) is 0 Å². The van der Waals surface area contributed by atoms with Crippen LogP contribution >= 0.6 is 0 Å². The quantitative estimate of drug-likeness (QED) is 0.712. The summed E-state index contributed by atoms with van der Waals surface area (Å²) >= 11 is 0. The molecule has 6 atom stereocenters. The van der Waals surface area contributed by atoms with E-state index in [1.165, 1.54) is 19.3 Å². The lowest BCUT2D eigenvalue weighted by Gasteiger charge is -2.31. The van der Waals surface area contributed by atoms with E-state index in [9.17, 15) is 5.11 Å². The maximum atomic E-state index is 10.5. The van der Waals surface area contributed by atoms with Crippen LogP contribution in [0.4, 0.5) is 0 Å². The molecule has 1 N–H and O–H groups in total. The van der Waals surface area contributed by atoms with Crippen LogP contribution in [-0.2, 0) is 28.4 Å². The van der Waals surface area contributed by atoms with Crippen molar-refractivity contribution in [3.63, 3.8) is 0 Å². The summed E-state index contributed by atoms with van der Waals surface area (Å²) in [6.45, 7) is 10.9. The summed E-state index contributed by atoms with van der Waals surface area (Å²) < 4.78 is 35.9. The molecule has 0 aromatic heterocycles. The molecule has 4 heterocycles. The third kappa shape index (κ3) is 4.70. The summed E-state index contributed by atoms with van der Waals surface area (Å²) in [7, 11) is 0. The number of nitrogens with zero attached hydrogens (tertiary/aromatic N) is 1. The molecule has 4 aliphatic rings. The fourth-order valence-corrected chi connectivity index (χ4v) is 4.59. The standard InChI is InChI=1S/C20H35NO7/c1-19(2)24-12-14(26-19)15-16(17-18(25-15)28-20(3,4)27-17)23-11-13(22)10-21-8-6-5-7-9-21/h13-18,22H,5-12H2,1-4H3/t13?,14-,15-,16+,17-,18-/m1/s1. The van der Waals surface area contributed by atoms with Gasteiger partial charge in [0.05, 0.1) is 19.3 Å². The molecule has 1 unspecified atom stereocenters. The van der Waals surface area contributed by atoms with Crippen LogP contribution in [0.15, 0.2) is 0 Å². The Balaban J connectivity index is 1.37. The SMILES string of the molecule is CC1(C)O[C@H]2O[C@H]([C@H]3COC(C)(C)O3)[C@H](OCC(O)CN3CCCCC3)[C@H]2O1. The number of likely N-dealkylation sites (tertiary alicyclic amines) is 1. The smallest absolute Gasteiger partial charge is 0.190 e. The number of aliphatic hydroxyl groups excluding tert-OH is 1. The Kier molecular flexibility index (Phi) is 6.04. The Hall–Kier alpha value is -0.320. The van der Waals surface area contributed by atoms with E-state index in [0.717, 1.165) is 13.1 Å². The van der Waals surface area contributed by atoms with Crippen LogP contribution in [0.1, 0.15) is 47.0 Å². The summed E-state index contributed by atoms with van der Waals surface area (Å²) in [5.41, 5.74) is 0. The highest BCUT2D eigenvalue weighted by Crippen LogP contribution is 2.41. The van der Waals surface area contributed by atoms with Gasteiger partial charge in [0.2, 0.25) is 0 Å². The zero-order valence-corrected chi connectivity index (χ0v) is 17.5. The minimum absolute atomic E-state index is 0.227. The van der Waals surface area contributed by atoms with E-state index in [0.29, 0.717) is 13.2 Å². The van der Waals surface area contributed by atoms with E-state index in [1.807, 2.05) is 27.7 Å². The highest BCUT2D eigenvalue weighted by Gasteiger charge is 2.59. The van der Waals surface area contributed by atoms with E-state index in [2.05, 4.69) is 4.90 Å². The van der Waals surface area contributed by atoms with Gasteiger partial charge in [-0.25, -0.2) is 0 Å². The van der Waals surface area contributed by atoms with Crippen molar-refractivity contribution in [2.45, 2.75) is 95.3 Å². The van der Waals surface area contributed by atoms with Crippen molar-refractivity contribution in [1.29, 1.82) is 0 Å². The molecule has 0 spiro atoms. The van der Waals surface area contributed by atoms with Crippen LogP contribution in [0.2, 0.25) is 0 Å². The first-order chi connectivity index (χ1) is 13.2. The summed E-state index contributed by atoms with van der Waals surface area (Å²) in [5, 5.41) is 10.5. The molecular formula is C20H35NO7. The number of hydrogen-bond acceptors (Lipinski definition) is 8. The van der Waals surface area contributed by atoms with Crippen molar-refractivity contribution < 1.29 is 33.5 Å². The third-order valence-corrected chi connectivity index (χ3v) is 5.82. The normalized spacial score (nSPS) is 41.2. The van der Waals surface area contributed by atoms with E-state index < -0.39 is 24.0 Å². The van der Waals surface area contributed by atoms with Gasteiger partial charge in [0.25, 0.3) is 0 Å². The Morgan fingerprint density at radius 1 is 1.00 bits per heavy atom. The topological polar surface area (TPSA) is 78.9 Å². The number of piperidine rings is 1. The number of β-amino-alcohol motifs (C(OH)–C–C–N with tert-alkyl or cyclic N) is 1. The zero-order valence-electron chi connectivity index (χ0n) is 17.5. The van der Waals surface area contributed by atoms with Gasteiger partial charge in [-0.05, 0) is 53.6 Å². The summed E-state index contributed by atoms with van der Waals surface area (Å²) in [6, 6.07) is 0.